The van der Waals surface area contributed by atoms with Crippen LogP contribution in [0.25, 0.3) is 0 Å². The van der Waals surface area contributed by atoms with Crippen molar-refractivity contribution in [2.24, 2.45) is 0 Å². The molecule has 0 saturated heterocycles. The van der Waals surface area contributed by atoms with Gasteiger partial charge in [-0.25, -0.2) is 4.98 Å². The molecule has 4 nitrogen and oxygen atoms in total. The third-order valence-corrected chi connectivity index (χ3v) is 5.00. The predicted molar refractivity (Wildman–Crippen MR) is 96.7 cm³/mol. The van der Waals surface area contributed by atoms with Crippen molar-refractivity contribution in [2.75, 3.05) is 0 Å². The van der Waals surface area contributed by atoms with Crippen LogP contribution in [0.15, 0.2) is 41.4 Å². The van der Waals surface area contributed by atoms with Crippen molar-refractivity contribution >= 4 is 17.7 Å². The standard InChI is InChI=1S/C19H21N3OS/c1-4-17(18(23)21-12-15-8-6-5-7-9-15)24-19-16(11-20)13(2)10-14(3)22-19/h5-10,17H,4,12H2,1-3H3,(H,21,23). The minimum absolute atomic E-state index is 0.0313. The summed E-state index contributed by atoms with van der Waals surface area (Å²) < 4.78 is 0. The molecule has 1 unspecified atom stereocenters. The number of aromatic nitrogens is 1. The lowest BCUT2D eigenvalue weighted by Gasteiger charge is -2.16. The van der Waals surface area contributed by atoms with Crippen LogP contribution < -0.4 is 5.32 Å². The van der Waals surface area contributed by atoms with Crippen molar-refractivity contribution in [2.45, 2.75) is 44.0 Å². The first kappa shape index (κ1) is 18.0. The summed E-state index contributed by atoms with van der Waals surface area (Å²) in [5.74, 6) is -0.0313. The first-order chi connectivity index (χ1) is 11.5. The molecule has 0 saturated carbocycles. The molecule has 0 spiro atoms. The number of thioether (sulfide) groups is 1. The third kappa shape index (κ3) is 4.59. The number of carbonyl (C=O) groups is 1. The molecule has 1 heterocycles. The van der Waals surface area contributed by atoms with Gasteiger partial charge in [0.2, 0.25) is 5.91 Å². The van der Waals surface area contributed by atoms with Gasteiger partial charge in [0.25, 0.3) is 0 Å². The number of hydrogen-bond acceptors (Lipinski definition) is 4. The van der Waals surface area contributed by atoms with E-state index in [1.807, 2.05) is 57.2 Å². The Hall–Kier alpha value is -2.32. The maximum Gasteiger partial charge on any atom is 0.233 e. The molecule has 2 aromatic rings. The van der Waals surface area contributed by atoms with E-state index in [-0.39, 0.29) is 11.2 Å². The van der Waals surface area contributed by atoms with Crippen LogP contribution in [0.1, 0.15) is 35.7 Å². The van der Waals surface area contributed by atoms with E-state index in [4.69, 9.17) is 0 Å². The van der Waals surface area contributed by atoms with Crippen LogP contribution in [-0.4, -0.2) is 16.1 Å². The maximum absolute atomic E-state index is 12.5. The van der Waals surface area contributed by atoms with Gasteiger partial charge < -0.3 is 5.32 Å². The van der Waals surface area contributed by atoms with Gasteiger partial charge in [0, 0.05) is 12.2 Å². The van der Waals surface area contributed by atoms with Gasteiger partial charge in [-0.2, -0.15) is 5.26 Å². The predicted octanol–water partition coefficient (Wildman–Crippen LogP) is 3.76. The maximum atomic E-state index is 12.5. The summed E-state index contributed by atoms with van der Waals surface area (Å²) in [5, 5.41) is 12.7. The Labute approximate surface area is 147 Å². The van der Waals surface area contributed by atoms with E-state index in [0.29, 0.717) is 23.6 Å². The number of benzene rings is 1. The van der Waals surface area contributed by atoms with Gasteiger partial charge in [-0.1, -0.05) is 49.0 Å². The highest BCUT2D eigenvalue weighted by Crippen LogP contribution is 2.29. The van der Waals surface area contributed by atoms with Crippen LogP contribution in [0.5, 0.6) is 0 Å². The number of hydrogen-bond donors (Lipinski definition) is 1. The molecule has 24 heavy (non-hydrogen) atoms. The first-order valence-electron chi connectivity index (χ1n) is 7.91. The molecular weight excluding hydrogens is 318 g/mol. The van der Waals surface area contributed by atoms with E-state index in [1.165, 1.54) is 11.8 Å². The molecular formula is C19H21N3OS. The van der Waals surface area contributed by atoms with Crippen LogP contribution in [0.3, 0.4) is 0 Å². The van der Waals surface area contributed by atoms with Gasteiger partial charge in [0.05, 0.1) is 10.8 Å². The number of nitriles is 1. The van der Waals surface area contributed by atoms with Crippen molar-refractivity contribution in [3.8, 4) is 6.07 Å². The molecule has 0 bridgehead atoms. The Morgan fingerprint density at radius 3 is 2.67 bits per heavy atom. The molecule has 1 amide bonds. The zero-order chi connectivity index (χ0) is 17.5. The Morgan fingerprint density at radius 2 is 2.04 bits per heavy atom. The van der Waals surface area contributed by atoms with Crippen LogP contribution in [0, 0.1) is 25.2 Å². The lowest BCUT2D eigenvalue weighted by atomic mass is 10.1. The van der Waals surface area contributed by atoms with Crippen LogP contribution >= 0.6 is 11.8 Å². The van der Waals surface area contributed by atoms with Crippen molar-refractivity contribution in [1.29, 1.82) is 5.26 Å². The molecule has 0 aliphatic heterocycles. The summed E-state index contributed by atoms with van der Waals surface area (Å²) in [7, 11) is 0. The molecule has 2 rings (SSSR count). The highest BCUT2D eigenvalue weighted by molar-refractivity contribution is 8.00. The summed E-state index contributed by atoms with van der Waals surface area (Å²) in [6.45, 7) is 6.26. The van der Waals surface area contributed by atoms with E-state index in [2.05, 4.69) is 16.4 Å². The number of nitrogens with one attached hydrogen (secondary N) is 1. The monoisotopic (exact) mass is 339 g/mol. The Kier molecular flexibility index (Phi) is 6.39. The summed E-state index contributed by atoms with van der Waals surface area (Å²) >= 11 is 1.37. The van der Waals surface area contributed by atoms with E-state index in [0.717, 1.165) is 16.8 Å². The lowest BCUT2D eigenvalue weighted by molar-refractivity contribution is -0.120. The van der Waals surface area contributed by atoms with Gasteiger partial charge in [0.15, 0.2) is 0 Å². The number of rotatable bonds is 6. The van der Waals surface area contributed by atoms with E-state index < -0.39 is 0 Å². The van der Waals surface area contributed by atoms with E-state index in [9.17, 15) is 10.1 Å². The van der Waals surface area contributed by atoms with Crippen LogP contribution in [-0.2, 0) is 11.3 Å². The molecule has 1 aromatic heterocycles. The van der Waals surface area contributed by atoms with Crippen molar-refractivity contribution in [3.05, 3.63) is 58.8 Å². The van der Waals surface area contributed by atoms with Gasteiger partial charge in [0.1, 0.15) is 11.1 Å². The highest BCUT2D eigenvalue weighted by Gasteiger charge is 2.21. The molecule has 0 aliphatic carbocycles. The Bertz CT molecular complexity index is 753. The number of pyridine rings is 1. The molecule has 1 aromatic carbocycles. The molecule has 1 N–H and O–H groups in total. The van der Waals surface area contributed by atoms with Crippen LogP contribution in [0.4, 0.5) is 0 Å². The highest BCUT2D eigenvalue weighted by atomic mass is 32.2. The third-order valence-electron chi connectivity index (χ3n) is 3.65. The number of carbonyl (C=O) groups excluding carboxylic acids is 1. The Balaban J connectivity index is 2.09. The number of aryl methyl sites for hydroxylation is 2. The van der Waals surface area contributed by atoms with Gasteiger partial charge in [-0.05, 0) is 37.5 Å². The minimum atomic E-state index is -0.269. The summed E-state index contributed by atoms with van der Waals surface area (Å²) in [6, 6.07) is 13.9. The van der Waals surface area contributed by atoms with Gasteiger partial charge in [-0.15, -0.1) is 0 Å². The fourth-order valence-corrected chi connectivity index (χ4v) is 3.53. The average Bonchev–Trinajstić information content (AvgIpc) is 2.58. The topological polar surface area (TPSA) is 65.8 Å². The van der Waals surface area contributed by atoms with Crippen molar-refractivity contribution in [1.82, 2.24) is 10.3 Å². The molecule has 0 aliphatic rings. The molecule has 5 heteroatoms. The summed E-state index contributed by atoms with van der Waals surface area (Å²) in [4.78, 5) is 16.9. The van der Waals surface area contributed by atoms with Crippen molar-refractivity contribution in [3.63, 3.8) is 0 Å². The lowest BCUT2D eigenvalue weighted by Crippen LogP contribution is -2.32. The zero-order valence-electron chi connectivity index (χ0n) is 14.2. The first-order valence-corrected chi connectivity index (χ1v) is 8.79. The second-order valence-corrected chi connectivity index (χ2v) is 6.78. The van der Waals surface area contributed by atoms with Gasteiger partial charge in [-0.3, -0.25) is 4.79 Å². The largest absolute Gasteiger partial charge is 0.351 e. The molecule has 0 fully saturated rings. The minimum Gasteiger partial charge on any atom is -0.351 e. The fourth-order valence-electron chi connectivity index (χ4n) is 2.38. The molecule has 0 radical (unpaired) electrons. The van der Waals surface area contributed by atoms with E-state index in [1.54, 1.807) is 0 Å². The van der Waals surface area contributed by atoms with Crippen LogP contribution in [0.2, 0.25) is 0 Å². The second-order valence-electron chi connectivity index (χ2n) is 5.59. The number of nitrogens with zero attached hydrogens (tertiary/aromatic N) is 2. The zero-order valence-corrected chi connectivity index (χ0v) is 15.0. The number of amides is 1. The summed E-state index contributed by atoms with van der Waals surface area (Å²) in [6.07, 6.45) is 0.671. The fraction of sp³-hybridized carbons (Fsp3) is 0.316. The molecule has 124 valence electrons. The SMILES string of the molecule is CCC(Sc1nc(C)cc(C)c1C#N)C(=O)NCc1ccccc1. The van der Waals surface area contributed by atoms with Gasteiger partial charge >= 0.3 is 0 Å². The summed E-state index contributed by atoms with van der Waals surface area (Å²) in [5.41, 5.74) is 3.37. The quantitative estimate of drug-likeness (QED) is 0.814. The normalized spacial score (nSPS) is 11.6. The Morgan fingerprint density at radius 1 is 1.33 bits per heavy atom. The van der Waals surface area contributed by atoms with Crippen molar-refractivity contribution < 1.29 is 4.79 Å². The smallest absolute Gasteiger partial charge is 0.233 e. The van der Waals surface area contributed by atoms with E-state index >= 15 is 0 Å². The average molecular weight is 339 g/mol. The second kappa shape index (κ2) is 8.51. The molecule has 1 atom stereocenters.